The van der Waals surface area contributed by atoms with Crippen LogP contribution in [0.15, 0.2) is 27.1 Å². The Balaban J connectivity index is 2.38. The molecule has 0 radical (unpaired) electrons. The van der Waals surface area contributed by atoms with E-state index in [1.54, 1.807) is 0 Å². The molecule has 2 rings (SSSR count). The molecule has 80 valence electrons. The average Bonchev–Trinajstić information content (AvgIpc) is 2.60. The molecule has 1 atom stereocenters. The molecule has 0 aliphatic rings. The SMILES string of the molecule is NC(CCO)c1nc2cc(Br)ccc2o1. The number of nitrogens with zero attached hydrogens (tertiary/aromatic N) is 1. The lowest BCUT2D eigenvalue weighted by Crippen LogP contribution is -2.11. The molecule has 1 unspecified atom stereocenters. The van der Waals surface area contributed by atoms with Crippen molar-refractivity contribution in [2.75, 3.05) is 6.61 Å². The van der Waals surface area contributed by atoms with Gasteiger partial charge in [0.2, 0.25) is 5.89 Å². The first-order valence-corrected chi connectivity index (χ1v) is 5.42. The summed E-state index contributed by atoms with van der Waals surface area (Å²) in [6.45, 7) is 0.0313. The zero-order chi connectivity index (χ0) is 10.8. The molecule has 0 aliphatic carbocycles. The second kappa shape index (κ2) is 4.30. The van der Waals surface area contributed by atoms with Crippen LogP contribution >= 0.6 is 15.9 Å². The zero-order valence-electron chi connectivity index (χ0n) is 7.98. The van der Waals surface area contributed by atoms with Crippen LogP contribution in [0, 0.1) is 0 Å². The molecular formula is C10H11BrN2O2. The maximum absolute atomic E-state index is 8.76. The van der Waals surface area contributed by atoms with Gasteiger partial charge in [-0.25, -0.2) is 4.98 Å². The number of aromatic nitrogens is 1. The van der Waals surface area contributed by atoms with Crippen LogP contribution in [0.3, 0.4) is 0 Å². The molecular weight excluding hydrogens is 260 g/mol. The van der Waals surface area contributed by atoms with Crippen LogP contribution in [0.2, 0.25) is 0 Å². The van der Waals surface area contributed by atoms with E-state index >= 15 is 0 Å². The second-order valence-electron chi connectivity index (χ2n) is 3.28. The molecule has 5 heteroatoms. The van der Waals surface area contributed by atoms with E-state index in [-0.39, 0.29) is 12.6 Å². The molecule has 1 aromatic heterocycles. The van der Waals surface area contributed by atoms with Gasteiger partial charge in [0.25, 0.3) is 0 Å². The molecule has 0 aliphatic heterocycles. The molecule has 0 amide bonds. The third-order valence-corrected chi connectivity index (χ3v) is 2.62. The molecule has 0 saturated carbocycles. The van der Waals surface area contributed by atoms with Crippen molar-refractivity contribution >= 4 is 27.0 Å². The Morgan fingerprint density at radius 3 is 3.07 bits per heavy atom. The summed E-state index contributed by atoms with van der Waals surface area (Å²) < 4.78 is 6.42. The predicted octanol–water partition coefficient (Wildman–Crippen LogP) is 1.97. The first kappa shape index (κ1) is 10.6. The number of fused-ring (bicyclic) bond motifs is 1. The Bertz CT molecular complexity index is 469. The van der Waals surface area contributed by atoms with Crippen molar-refractivity contribution in [2.24, 2.45) is 5.73 Å². The van der Waals surface area contributed by atoms with Gasteiger partial charge in [0.05, 0.1) is 6.04 Å². The number of hydrogen-bond donors (Lipinski definition) is 2. The summed E-state index contributed by atoms with van der Waals surface area (Å²) in [4.78, 5) is 4.26. The predicted molar refractivity (Wildman–Crippen MR) is 60.3 cm³/mol. The molecule has 1 heterocycles. The highest BCUT2D eigenvalue weighted by Gasteiger charge is 2.13. The smallest absolute Gasteiger partial charge is 0.212 e. The second-order valence-corrected chi connectivity index (χ2v) is 4.20. The molecule has 15 heavy (non-hydrogen) atoms. The minimum atomic E-state index is -0.346. The topological polar surface area (TPSA) is 72.3 Å². The Hall–Kier alpha value is -0.910. The van der Waals surface area contributed by atoms with Crippen molar-refractivity contribution in [1.29, 1.82) is 0 Å². The number of nitrogens with two attached hydrogens (primary N) is 1. The van der Waals surface area contributed by atoms with E-state index in [9.17, 15) is 0 Å². The van der Waals surface area contributed by atoms with Gasteiger partial charge in [0, 0.05) is 11.1 Å². The van der Waals surface area contributed by atoms with E-state index in [2.05, 4.69) is 20.9 Å². The maximum Gasteiger partial charge on any atom is 0.212 e. The number of hydrogen-bond acceptors (Lipinski definition) is 4. The van der Waals surface area contributed by atoms with Crippen molar-refractivity contribution in [3.63, 3.8) is 0 Å². The average molecular weight is 271 g/mol. The highest BCUT2D eigenvalue weighted by atomic mass is 79.9. The fourth-order valence-electron chi connectivity index (χ4n) is 1.34. The third-order valence-electron chi connectivity index (χ3n) is 2.12. The molecule has 0 fully saturated rings. The van der Waals surface area contributed by atoms with E-state index in [1.807, 2.05) is 18.2 Å². The van der Waals surface area contributed by atoms with Gasteiger partial charge in [0.15, 0.2) is 5.58 Å². The minimum absolute atomic E-state index is 0.0313. The molecule has 0 spiro atoms. The number of oxazole rings is 1. The Kier molecular flexibility index (Phi) is 3.04. The summed E-state index contributed by atoms with van der Waals surface area (Å²) in [7, 11) is 0. The lowest BCUT2D eigenvalue weighted by Gasteiger charge is -2.02. The van der Waals surface area contributed by atoms with Gasteiger partial charge in [-0.3, -0.25) is 0 Å². The Morgan fingerprint density at radius 1 is 1.53 bits per heavy atom. The lowest BCUT2D eigenvalue weighted by atomic mass is 10.2. The van der Waals surface area contributed by atoms with Crippen LogP contribution in [0.25, 0.3) is 11.1 Å². The molecule has 2 aromatic rings. The summed E-state index contributed by atoms with van der Waals surface area (Å²) in [5.41, 5.74) is 7.26. The lowest BCUT2D eigenvalue weighted by molar-refractivity contribution is 0.268. The highest BCUT2D eigenvalue weighted by molar-refractivity contribution is 9.10. The summed E-state index contributed by atoms with van der Waals surface area (Å²) in [6, 6.07) is 5.24. The van der Waals surface area contributed by atoms with Crippen LogP contribution in [0.4, 0.5) is 0 Å². The Morgan fingerprint density at radius 2 is 2.33 bits per heavy atom. The molecule has 4 nitrogen and oxygen atoms in total. The van der Waals surface area contributed by atoms with E-state index in [1.165, 1.54) is 0 Å². The van der Waals surface area contributed by atoms with Crippen molar-refractivity contribution in [1.82, 2.24) is 4.98 Å². The largest absolute Gasteiger partial charge is 0.439 e. The van der Waals surface area contributed by atoms with E-state index in [0.717, 1.165) is 9.99 Å². The summed E-state index contributed by atoms with van der Waals surface area (Å²) >= 11 is 3.36. The van der Waals surface area contributed by atoms with Crippen LogP contribution in [-0.4, -0.2) is 16.7 Å². The number of benzene rings is 1. The first-order valence-electron chi connectivity index (χ1n) is 4.63. The van der Waals surface area contributed by atoms with Gasteiger partial charge in [0.1, 0.15) is 5.52 Å². The quantitative estimate of drug-likeness (QED) is 0.895. The van der Waals surface area contributed by atoms with Crippen LogP contribution in [-0.2, 0) is 0 Å². The monoisotopic (exact) mass is 270 g/mol. The van der Waals surface area contributed by atoms with Gasteiger partial charge in [-0.05, 0) is 24.6 Å². The number of rotatable bonds is 3. The van der Waals surface area contributed by atoms with E-state index in [0.29, 0.717) is 17.9 Å². The maximum atomic E-state index is 8.76. The summed E-state index contributed by atoms with van der Waals surface area (Å²) in [6.07, 6.45) is 0.452. The van der Waals surface area contributed by atoms with Crippen molar-refractivity contribution < 1.29 is 9.52 Å². The Labute approximate surface area is 95.2 Å². The minimum Gasteiger partial charge on any atom is -0.439 e. The van der Waals surface area contributed by atoms with Crippen molar-refractivity contribution in [2.45, 2.75) is 12.5 Å². The third kappa shape index (κ3) is 2.19. The molecule has 3 N–H and O–H groups in total. The summed E-state index contributed by atoms with van der Waals surface area (Å²) in [5.74, 6) is 0.470. The van der Waals surface area contributed by atoms with Gasteiger partial charge < -0.3 is 15.3 Å². The summed E-state index contributed by atoms with van der Waals surface area (Å²) in [5, 5.41) is 8.76. The zero-order valence-corrected chi connectivity index (χ0v) is 9.57. The van der Waals surface area contributed by atoms with Gasteiger partial charge in [-0.15, -0.1) is 0 Å². The van der Waals surface area contributed by atoms with Crippen LogP contribution in [0.1, 0.15) is 18.4 Å². The number of aliphatic hydroxyl groups is 1. The van der Waals surface area contributed by atoms with Crippen LogP contribution in [0.5, 0.6) is 0 Å². The van der Waals surface area contributed by atoms with Crippen LogP contribution < -0.4 is 5.73 Å². The molecule has 0 saturated heterocycles. The van der Waals surface area contributed by atoms with E-state index < -0.39 is 0 Å². The van der Waals surface area contributed by atoms with Gasteiger partial charge >= 0.3 is 0 Å². The van der Waals surface area contributed by atoms with Gasteiger partial charge in [-0.1, -0.05) is 15.9 Å². The fourth-order valence-corrected chi connectivity index (χ4v) is 1.69. The normalized spacial score (nSPS) is 13.3. The number of aliphatic hydroxyl groups excluding tert-OH is 1. The molecule has 1 aromatic carbocycles. The number of halogens is 1. The van der Waals surface area contributed by atoms with Gasteiger partial charge in [-0.2, -0.15) is 0 Å². The van der Waals surface area contributed by atoms with Crippen molar-refractivity contribution in [3.05, 3.63) is 28.6 Å². The highest BCUT2D eigenvalue weighted by Crippen LogP contribution is 2.23. The first-order chi connectivity index (χ1) is 7.20. The van der Waals surface area contributed by atoms with E-state index in [4.69, 9.17) is 15.3 Å². The fraction of sp³-hybridized carbons (Fsp3) is 0.300. The van der Waals surface area contributed by atoms with Crippen molar-refractivity contribution in [3.8, 4) is 0 Å². The molecule has 0 bridgehead atoms. The standard InChI is InChI=1S/C10H11BrN2O2/c11-6-1-2-9-8(5-6)13-10(15-9)7(12)3-4-14/h1-2,5,7,14H,3-4,12H2.